The summed E-state index contributed by atoms with van der Waals surface area (Å²) in [5.41, 5.74) is 1.49. The van der Waals surface area contributed by atoms with Crippen molar-refractivity contribution < 1.29 is 21.2 Å². The van der Waals surface area contributed by atoms with Gasteiger partial charge in [0.15, 0.2) is 0 Å². The zero-order chi connectivity index (χ0) is 8.97. The van der Waals surface area contributed by atoms with Crippen LogP contribution in [0.25, 0.3) is 0 Å². The molecule has 12 heavy (non-hydrogen) atoms. The zero-order valence-corrected chi connectivity index (χ0v) is 9.16. The fourth-order valence-electron chi connectivity index (χ4n) is 0.892. The summed E-state index contributed by atoms with van der Waals surface area (Å²) >= 11 is 0.198. The van der Waals surface area contributed by atoms with E-state index < -0.39 is 0 Å². The summed E-state index contributed by atoms with van der Waals surface area (Å²) in [5.74, 6) is 0.696. The van der Waals surface area contributed by atoms with Gasteiger partial charge in [0, 0.05) is 0 Å². The van der Waals surface area contributed by atoms with E-state index in [2.05, 4.69) is 14.9 Å². The topological polar surface area (TPSA) is 49.6 Å². The van der Waals surface area contributed by atoms with E-state index in [1.165, 1.54) is 0 Å². The van der Waals surface area contributed by atoms with E-state index in [9.17, 15) is 0 Å². The van der Waals surface area contributed by atoms with Crippen LogP contribution < -0.4 is 21.2 Å². The number of halogens is 1. The van der Waals surface area contributed by atoms with Crippen LogP contribution >= 0.6 is 0 Å². The third-order valence-corrected chi connectivity index (χ3v) is 2.82. The molecule has 0 aliphatic rings. The maximum absolute atomic E-state index is 8.62. The second-order valence-electron chi connectivity index (χ2n) is 2.30. The van der Waals surface area contributed by atoms with Crippen molar-refractivity contribution in [3.63, 3.8) is 0 Å². The molecular weight excluding hydrogens is 265 g/mol. The summed E-state index contributed by atoms with van der Waals surface area (Å²) in [6.07, 6.45) is 0. The average molecular weight is 274 g/mol. The van der Waals surface area contributed by atoms with E-state index in [0.717, 1.165) is 10.1 Å². The molecule has 1 heterocycles. The number of hydrogen-bond acceptors (Lipinski definition) is 3. The normalized spacial score (nSPS) is 9.75. The molecule has 4 heteroatoms. The van der Waals surface area contributed by atoms with Gasteiger partial charge in [-0.05, 0) is 0 Å². The van der Waals surface area contributed by atoms with Crippen molar-refractivity contribution in [2.45, 2.75) is 11.4 Å². The van der Waals surface area contributed by atoms with Crippen molar-refractivity contribution in [2.24, 2.45) is 0 Å². The van der Waals surface area contributed by atoms with Crippen LogP contribution in [0.2, 0.25) is 0 Å². The molecule has 0 amide bonds. The summed E-state index contributed by atoms with van der Waals surface area (Å²) < 4.78 is 1.02. The summed E-state index contributed by atoms with van der Waals surface area (Å²) in [6, 6.07) is 3.80. The molecule has 0 fully saturated rings. The van der Waals surface area contributed by atoms with Gasteiger partial charge in [-0.3, -0.25) is 0 Å². The summed E-state index contributed by atoms with van der Waals surface area (Å²) in [4.78, 5) is 10.4. The second kappa shape index (κ2) is 4.36. The Morgan fingerprint density at radius 3 is 2.92 bits per heavy atom. The third-order valence-electron chi connectivity index (χ3n) is 1.28. The van der Waals surface area contributed by atoms with E-state index in [1.54, 1.807) is 6.07 Å². The molecule has 0 N–H and O–H groups in total. The van der Waals surface area contributed by atoms with Crippen molar-refractivity contribution in [3.05, 3.63) is 23.3 Å². The predicted octanol–water partition coefficient (Wildman–Crippen LogP) is -2.12. The van der Waals surface area contributed by atoms with Gasteiger partial charge in [-0.1, -0.05) is 0 Å². The number of rotatable bonds is 2. The predicted molar refractivity (Wildman–Crippen MR) is 41.1 cm³/mol. The fraction of sp³-hybridized carbons (Fsp3) is 0.375. The van der Waals surface area contributed by atoms with E-state index in [0.29, 0.717) is 11.5 Å². The molecule has 1 aromatic heterocycles. The first-order valence-electron chi connectivity index (χ1n) is 3.44. The maximum atomic E-state index is 8.62. The number of alkyl halides is 2. The molecule has 3 nitrogen and oxygen atoms in total. The van der Waals surface area contributed by atoms with Crippen molar-refractivity contribution in [2.75, 3.05) is 4.93 Å². The summed E-state index contributed by atoms with van der Waals surface area (Å²) in [7, 11) is 0. The van der Waals surface area contributed by atoms with Gasteiger partial charge >= 0.3 is 82.1 Å². The Bertz CT molecular complexity index is 317. The van der Waals surface area contributed by atoms with E-state index in [1.807, 2.05) is 13.0 Å². The number of aryl methyl sites for hydroxylation is 1. The van der Waals surface area contributed by atoms with Crippen LogP contribution in [0.15, 0.2) is 6.07 Å². The van der Waals surface area contributed by atoms with Crippen LogP contribution in [0.4, 0.5) is 0 Å². The van der Waals surface area contributed by atoms with Crippen molar-refractivity contribution in [3.8, 4) is 6.07 Å². The summed E-state index contributed by atoms with van der Waals surface area (Å²) in [6.45, 7) is 1.82. The average Bonchev–Trinajstić information content (AvgIpc) is 2.04. The number of nitrogens with zero attached hydrogens (tertiary/aromatic N) is 3. The van der Waals surface area contributed by atoms with E-state index in [-0.39, 0.29) is 21.2 Å². The van der Waals surface area contributed by atoms with Crippen LogP contribution in [0.5, 0.6) is 0 Å². The summed E-state index contributed by atoms with van der Waals surface area (Å²) in [5, 5.41) is 8.62. The molecule has 0 saturated heterocycles. The van der Waals surface area contributed by atoms with Gasteiger partial charge in [-0.2, -0.15) is 0 Å². The van der Waals surface area contributed by atoms with Gasteiger partial charge in [0.2, 0.25) is 0 Å². The quantitative estimate of drug-likeness (QED) is 0.457. The minimum absolute atomic E-state index is 0.198. The Labute approximate surface area is 82.1 Å². The standard InChI is InChI=1S/C8H9IN3/c1-6-11-7(4-9-2)3-8(5-10)12-6/h3H,4H2,1-2H3/q-1. The van der Waals surface area contributed by atoms with E-state index >= 15 is 0 Å². The number of nitriles is 1. The SMILES string of the molecule is C[I-]Cc1cc(C#N)nc(C)n1. The first-order chi connectivity index (χ1) is 5.76. The van der Waals surface area contributed by atoms with Crippen LogP contribution in [0.1, 0.15) is 17.2 Å². The molecule has 1 aromatic rings. The Balaban J connectivity index is 3.00. The molecule has 0 atom stereocenters. The third kappa shape index (κ3) is 2.41. The molecule has 64 valence electrons. The Morgan fingerprint density at radius 2 is 2.33 bits per heavy atom. The van der Waals surface area contributed by atoms with Gasteiger partial charge in [0.25, 0.3) is 0 Å². The van der Waals surface area contributed by atoms with Crippen molar-refractivity contribution in [1.82, 2.24) is 9.97 Å². The van der Waals surface area contributed by atoms with Crippen LogP contribution in [0, 0.1) is 18.3 Å². The molecule has 0 bridgehead atoms. The van der Waals surface area contributed by atoms with Gasteiger partial charge in [0.05, 0.1) is 0 Å². The van der Waals surface area contributed by atoms with Gasteiger partial charge in [-0.15, -0.1) is 0 Å². The molecule has 0 aliphatic carbocycles. The molecule has 0 aliphatic heterocycles. The molecule has 0 spiro atoms. The Kier molecular flexibility index (Phi) is 3.41. The van der Waals surface area contributed by atoms with Gasteiger partial charge in [-0.25, -0.2) is 0 Å². The Hall–Kier alpha value is -0.700. The van der Waals surface area contributed by atoms with Crippen molar-refractivity contribution >= 4 is 0 Å². The number of hydrogen-bond donors (Lipinski definition) is 0. The van der Waals surface area contributed by atoms with Gasteiger partial charge < -0.3 is 0 Å². The number of aromatic nitrogens is 2. The monoisotopic (exact) mass is 274 g/mol. The minimum atomic E-state index is 0.198. The van der Waals surface area contributed by atoms with Crippen LogP contribution in [-0.2, 0) is 4.43 Å². The van der Waals surface area contributed by atoms with Gasteiger partial charge in [0.1, 0.15) is 0 Å². The Morgan fingerprint density at radius 1 is 1.58 bits per heavy atom. The molecule has 0 unspecified atom stereocenters. The van der Waals surface area contributed by atoms with Crippen LogP contribution in [0.3, 0.4) is 0 Å². The molecular formula is C8H9IN3-. The van der Waals surface area contributed by atoms with Crippen LogP contribution in [-0.4, -0.2) is 14.9 Å². The first-order valence-corrected chi connectivity index (χ1v) is 7.13. The van der Waals surface area contributed by atoms with Crippen molar-refractivity contribution in [1.29, 1.82) is 5.26 Å². The fourth-order valence-corrected chi connectivity index (χ4v) is 2.06. The molecule has 0 radical (unpaired) electrons. The van der Waals surface area contributed by atoms with E-state index in [4.69, 9.17) is 5.26 Å². The zero-order valence-electron chi connectivity index (χ0n) is 7.00. The molecule has 0 saturated carbocycles. The second-order valence-corrected chi connectivity index (χ2v) is 4.59. The molecule has 0 aromatic carbocycles. The molecule has 1 rings (SSSR count). The first kappa shape index (κ1) is 9.39.